The number of aromatic nitrogens is 2. The molecule has 3 aromatic rings. The molecular weight excluding hydrogens is 352 g/mol. The van der Waals surface area contributed by atoms with Gasteiger partial charge in [-0.3, -0.25) is 0 Å². The van der Waals surface area contributed by atoms with Gasteiger partial charge in [0.15, 0.2) is 0 Å². The topological polar surface area (TPSA) is 70.2 Å². The van der Waals surface area contributed by atoms with Crippen LogP contribution in [0.25, 0.3) is 10.9 Å². The largest absolute Gasteiger partial charge is 0.481 e. The zero-order valence-corrected chi connectivity index (χ0v) is 15.1. The number of carbonyl (C=O) groups is 1. The maximum atomic E-state index is 12.6. The van der Waals surface area contributed by atoms with E-state index in [2.05, 4.69) is 15.3 Å². The molecule has 2 amide bonds. The molecule has 3 heterocycles. The van der Waals surface area contributed by atoms with Crippen molar-refractivity contribution in [1.29, 1.82) is 0 Å². The fourth-order valence-electron chi connectivity index (χ4n) is 3.29. The quantitative estimate of drug-likeness (QED) is 0.741. The summed E-state index contributed by atoms with van der Waals surface area (Å²) >= 11 is 6.13. The molecule has 1 aliphatic heterocycles. The van der Waals surface area contributed by atoms with Crippen LogP contribution >= 0.6 is 11.6 Å². The first-order chi connectivity index (χ1) is 12.6. The van der Waals surface area contributed by atoms with Crippen molar-refractivity contribution < 1.29 is 9.53 Å². The average molecular weight is 371 g/mol. The molecule has 4 rings (SSSR count). The number of carbonyl (C=O) groups excluding carboxylic acids is 1. The number of halogens is 1. The Morgan fingerprint density at radius 2 is 2.27 bits per heavy atom. The van der Waals surface area contributed by atoms with E-state index < -0.39 is 0 Å². The van der Waals surface area contributed by atoms with Crippen molar-refractivity contribution in [3.05, 3.63) is 58.4 Å². The lowest BCUT2D eigenvalue weighted by Gasteiger charge is -2.27. The van der Waals surface area contributed by atoms with Crippen molar-refractivity contribution in [3.63, 3.8) is 0 Å². The van der Waals surface area contributed by atoms with Crippen molar-refractivity contribution in [2.24, 2.45) is 0 Å². The number of aromatic amines is 1. The smallest absolute Gasteiger partial charge is 0.317 e. The average Bonchev–Trinajstić information content (AvgIpc) is 3.03. The van der Waals surface area contributed by atoms with Gasteiger partial charge >= 0.3 is 6.03 Å². The molecule has 0 fully saturated rings. The van der Waals surface area contributed by atoms with E-state index in [1.807, 2.05) is 29.2 Å². The first-order valence-corrected chi connectivity index (χ1v) is 8.82. The Morgan fingerprint density at radius 3 is 3.04 bits per heavy atom. The number of ether oxygens (including phenoxy) is 1. The highest BCUT2D eigenvalue weighted by atomic mass is 35.5. The van der Waals surface area contributed by atoms with E-state index in [4.69, 9.17) is 16.3 Å². The van der Waals surface area contributed by atoms with Crippen molar-refractivity contribution in [3.8, 4) is 5.88 Å². The summed E-state index contributed by atoms with van der Waals surface area (Å²) in [4.78, 5) is 22.0. The van der Waals surface area contributed by atoms with Crippen LogP contribution in [0.2, 0.25) is 5.02 Å². The van der Waals surface area contributed by atoms with Crippen LogP contribution in [0.3, 0.4) is 0 Å². The third kappa shape index (κ3) is 3.20. The fraction of sp³-hybridized carbons (Fsp3) is 0.263. The second-order valence-corrected chi connectivity index (χ2v) is 6.75. The molecule has 0 saturated heterocycles. The minimum atomic E-state index is -0.0807. The molecular formula is C19H19ClN4O2. The maximum absolute atomic E-state index is 12.6. The molecule has 0 radical (unpaired) electrons. The number of fused-ring (bicyclic) bond motifs is 3. The van der Waals surface area contributed by atoms with Gasteiger partial charge in [-0.2, -0.15) is 0 Å². The number of benzene rings is 1. The van der Waals surface area contributed by atoms with Crippen molar-refractivity contribution >= 4 is 28.5 Å². The summed E-state index contributed by atoms with van der Waals surface area (Å²) in [5, 5.41) is 4.75. The molecule has 1 aliphatic rings. The number of nitrogens with zero attached hydrogens (tertiary/aromatic N) is 2. The van der Waals surface area contributed by atoms with Gasteiger partial charge in [0, 0.05) is 65.5 Å². The Labute approximate surface area is 156 Å². The number of H-pyrrole nitrogens is 1. The lowest BCUT2D eigenvalue weighted by atomic mass is 10.0. The molecule has 0 unspecified atom stereocenters. The maximum Gasteiger partial charge on any atom is 0.317 e. The predicted molar refractivity (Wildman–Crippen MR) is 100 cm³/mol. The number of amides is 2. The molecule has 26 heavy (non-hydrogen) atoms. The summed E-state index contributed by atoms with van der Waals surface area (Å²) in [7, 11) is 1.58. The highest BCUT2D eigenvalue weighted by molar-refractivity contribution is 6.31. The van der Waals surface area contributed by atoms with Crippen LogP contribution in [0.1, 0.15) is 16.8 Å². The van der Waals surface area contributed by atoms with Crippen molar-refractivity contribution in [2.75, 3.05) is 13.7 Å². The van der Waals surface area contributed by atoms with Gasteiger partial charge in [0.1, 0.15) is 0 Å². The fourth-order valence-corrected chi connectivity index (χ4v) is 3.46. The number of urea groups is 1. The van der Waals surface area contributed by atoms with Gasteiger partial charge in [-0.05, 0) is 23.8 Å². The first kappa shape index (κ1) is 16.7. The number of nitrogens with one attached hydrogen (secondary N) is 2. The van der Waals surface area contributed by atoms with Crippen LogP contribution in [-0.4, -0.2) is 34.6 Å². The van der Waals surface area contributed by atoms with E-state index in [0.29, 0.717) is 30.5 Å². The second kappa shape index (κ2) is 6.88. The van der Waals surface area contributed by atoms with Gasteiger partial charge in [0.2, 0.25) is 5.88 Å². The second-order valence-electron chi connectivity index (χ2n) is 6.31. The zero-order chi connectivity index (χ0) is 18.1. The molecule has 0 aliphatic carbocycles. The highest BCUT2D eigenvalue weighted by Gasteiger charge is 2.24. The van der Waals surface area contributed by atoms with Crippen LogP contribution in [0.15, 0.2) is 36.5 Å². The first-order valence-electron chi connectivity index (χ1n) is 8.44. The molecule has 134 valence electrons. The summed E-state index contributed by atoms with van der Waals surface area (Å²) in [5.74, 6) is 0.557. The van der Waals surface area contributed by atoms with E-state index in [-0.39, 0.29) is 6.03 Å². The van der Waals surface area contributed by atoms with Gasteiger partial charge in [-0.15, -0.1) is 0 Å². The van der Waals surface area contributed by atoms with E-state index in [0.717, 1.165) is 28.5 Å². The molecule has 0 saturated carbocycles. The molecule has 1 aromatic carbocycles. The van der Waals surface area contributed by atoms with Crippen LogP contribution < -0.4 is 10.1 Å². The number of methoxy groups -OCH3 is 1. The van der Waals surface area contributed by atoms with Crippen LogP contribution in [0.5, 0.6) is 5.88 Å². The molecule has 2 aromatic heterocycles. The predicted octanol–water partition coefficient (Wildman–Crippen LogP) is 3.49. The third-order valence-electron chi connectivity index (χ3n) is 4.67. The minimum Gasteiger partial charge on any atom is -0.481 e. The Kier molecular flexibility index (Phi) is 4.42. The number of rotatable bonds is 3. The summed E-state index contributed by atoms with van der Waals surface area (Å²) in [6.07, 6.45) is 2.51. The number of hydrogen-bond donors (Lipinski definition) is 2. The van der Waals surface area contributed by atoms with Gasteiger partial charge in [-0.1, -0.05) is 17.7 Å². The van der Waals surface area contributed by atoms with Crippen LogP contribution in [0.4, 0.5) is 4.79 Å². The zero-order valence-electron chi connectivity index (χ0n) is 14.4. The Hall–Kier alpha value is -2.73. The van der Waals surface area contributed by atoms with Gasteiger partial charge in [0.05, 0.1) is 7.11 Å². The normalized spacial score (nSPS) is 13.5. The standard InChI is InChI=1S/C19H19ClN4O2/c1-26-18-5-2-12(9-21-18)10-22-19(25)24-7-6-17-15(11-24)14-8-13(20)3-4-16(14)23-17/h2-5,8-9,23H,6-7,10-11H2,1H3,(H,22,25). The van der Waals surface area contributed by atoms with E-state index in [9.17, 15) is 4.79 Å². The lowest BCUT2D eigenvalue weighted by molar-refractivity contribution is 0.192. The molecule has 0 bridgehead atoms. The van der Waals surface area contributed by atoms with Gasteiger partial charge in [0.25, 0.3) is 0 Å². The minimum absolute atomic E-state index is 0.0807. The summed E-state index contributed by atoms with van der Waals surface area (Å²) in [5.41, 5.74) is 4.32. The molecule has 7 heteroatoms. The van der Waals surface area contributed by atoms with Crippen LogP contribution in [-0.2, 0) is 19.5 Å². The van der Waals surface area contributed by atoms with Crippen molar-refractivity contribution in [1.82, 2.24) is 20.2 Å². The summed E-state index contributed by atoms with van der Waals surface area (Å²) in [6.45, 7) is 1.68. The number of hydrogen-bond acceptors (Lipinski definition) is 3. The van der Waals surface area contributed by atoms with E-state index in [1.54, 1.807) is 19.4 Å². The molecule has 0 spiro atoms. The Bertz CT molecular complexity index is 952. The van der Waals surface area contributed by atoms with E-state index in [1.165, 1.54) is 5.69 Å². The van der Waals surface area contributed by atoms with Crippen molar-refractivity contribution in [2.45, 2.75) is 19.5 Å². The van der Waals surface area contributed by atoms with Gasteiger partial charge in [-0.25, -0.2) is 9.78 Å². The Balaban J connectivity index is 1.45. The lowest BCUT2D eigenvalue weighted by Crippen LogP contribution is -2.42. The molecule has 0 atom stereocenters. The summed E-state index contributed by atoms with van der Waals surface area (Å²) in [6, 6.07) is 9.40. The number of pyridine rings is 1. The highest BCUT2D eigenvalue weighted by Crippen LogP contribution is 2.29. The molecule has 6 nitrogen and oxygen atoms in total. The SMILES string of the molecule is COc1ccc(CNC(=O)N2CCc3[nH]c4ccc(Cl)cc4c3C2)cn1. The molecule has 2 N–H and O–H groups in total. The van der Waals surface area contributed by atoms with E-state index >= 15 is 0 Å². The summed E-state index contributed by atoms with van der Waals surface area (Å²) < 4.78 is 5.04. The monoisotopic (exact) mass is 370 g/mol. The van der Waals surface area contributed by atoms with Crippen LogP contribution in [0, 0.1) is 0 Å². The third-order valence-corrected chi connectivity index (χ3v) is 4.91. The van der Waals surface area contributed by atoms with Gasteiger partial charge < -0.3 is 19.9 Å². The Morgan fingerprint density at radius 1 is 1.38 bits per heavy atom.